The van der Waals surface area contributed by atoms with Crippen molar-refractivity contribution in [1.82, 2.24) is 9.97 Å². The second kappa shape index (κ2) is 4.14. The third kappa shape index (κ3) is 2.08. The molecular weight excluding hydrogens is 206 g/mol. The zero-order chi connectivity index (χ0) is 11.5. The molecule has 0 unspecified atom stereocenters. The van der Waals surface area contributed by atoms with E-state index in [1.165, 1.54) is 18.5 Å². The molecule has 16 heavy (non-hydrogen) atoms. The molecule has 0 saturated heterocycles. The Hall–Kier alpha value is -2.17. The first-order valence-electron chi connectivity index (χ1n) is 4.77. The second-order valence-corrected chi connectivity index (χ2v) is 3.41. The maximum Gasteiger partial charge on any atom is 0.249 e. The number of aromatic nitrogens is 2. The van der Waals surface area contributed by atoms with E-state index in [1.54, 1.807) is 13.0 Å². The highest BCUT2D eigenvalue weighted by atomic mass is 16.1. The fraction of sp³-hybridized carbons (Fsp3) is 0.182. The molecule has 0 spiro atoms. The number of rotatable bonds is 1. The highest BCUT2D eigenvalue weighted by Crippen LogP contribution is 2.12. The van der Waals surface area contributed by atoms with Crippen molar-refractivity contribution in [2.75, 3.05) is 0 Å². The minimum atomic E-state index is -0.216. The molecular formula is C11H9N3O2. The number of allylic oxidation sites excluding steroid dienone is 2. The van der Waals surface area contributed by atoms with Crippen LogP contribution in [0.25, 0.3) is 0 Å². The van der Waals surface area contributed by atoms with Crippen molar-refractivity contribution in [3.05, 3.63) is 30.1 Å². The average molecular weight is 215 g/mol. The van der Waals surface area contributed by atoms with Gasteiger partial charge in [-0.2, -0.15) is 0 Å². The third-order valence-electron chi connectivity index (χ3n) is 2.13. The minimum Gasteiger partial charge on any atom is -0.294 e. The van der Waals surface area contributed by atoms with Crippen molar-refractivity contribution >= 4 is 23.2 Å². The number of hydrogen-bond donors (Lipinski definition) is 0. The van der Waals surface area contributed by atoms with Gasteiger partial charge < -0.3 is 0 Å². The highest BCUT2D eigenvalue weighted by molar-refractivity contribution is 6.51. The van der Waals surface area contributed by atoms with E-state index in [1.807, 2.05) is 0 Å². The van der Waals surface area contributed by atoms with E-state index in [0.717, 1.165) is 0 Å². The fourth-order valence-corrected chi connectivity index (χ4v) is 1.39. The molecule has 0 fully saturated rings. The van der Waals surface area contributed by atoms with Gasteiger partial charge in [0.1, 0.15) is 0 Å². The van der Waals surface area contributed by atoms with E-state index in [4.69, 9.17) is 0 Å². The summed E-state index contributed by atoms with van der Waals surface area (Å²) in [7, 11) is 0. The van der Waals surface area contributed by atoms with E-state index in [0.29, 0.717) is 5.57 Å². The number of carbonyl (C=O) groups is 2. The van der Waals surface area contributed by atoms with Crippen LogP contribution >= 0.6 is 0 Å². The first kappa shape index (κ1) is 10.4. The van der Waals surface area contributed by atoms with Crippen LogP contribution in [0.4, 0.5) is 5.95 Å². The Morgan fingerprint density at radius 1 is 1.25 bits per heavy atom. The molecule has 2 rings (SSSR count). The topological polar surface area (TPSA) is 72.3 Å². The molecule has 0 aromatic carbocycles. The summed E-state index contributed by atoms with van der Waals surface area (Å²) < 4.78 is 0. The Balaban J connectivity index is 2.36. The Bertz CT molecular complexity index is 503. The molecule has 1 aromatic rings. The molecule has 0 atom stereocenters. The van der Waals surface area contributed by atoms with Crippen LogP contribution in [0, 0.1) is 0 Å². The SMILES string of the molecule is CC1=CC(=O)CC(=Nc2ncccn2)C1=O. The van der Waals surface area contributed by atoms with Crippen LogP contribution in [0.5, 0.6) is 0 Å². The second-order valence-electron chi connectivity index (χ2n) is 3.41. The predicted octanol–water partition coefficient (Wildman–Crippen LogP) is 1.04. The molecule has 1 aliphatic carbocycles. The zero-order valence-corrected chi connectivity index (χ0v) is 8.67. The number of ketones is 2. The summed E-state index contributed by atoms with van der Waals surface area (Å²) in [5.74, 6) is -0.132. The van der Waals surface area contributed by atoms with Gasteiger partial charge in [-0.25, -0.2) is 15.0 Å². The van der Waals surface area contributed by atoms with E-state index in [-0.39, 0.29) is 29.6 Å². The average Bonchev–Trinajstić information content (AvgIpc) is 2.27. The fourth-order valence-electron chi connectivity index (χ4n) is 1.39. The molecule has 1 aromatic heterocycles. The minimum absolute atomic E-state index is 0.0222. The molecule has 0 aliphatic heterocycles. The highest BCUT2D eigenvalue weighted by Gasteiger charge is 2.22. The molecule has 5 nitrogen and oxygen atoms in total. The monoisotopic (exact) mass is 215 g/mol. The Labute approximate surface area is 91.9 Å². The number of Topliss-reactive ketones (excluding diaryl/α,β-unsaturated/α-hetero) is 1. The van der Waals surface area contributed by atoms with Gasteiger partial charge in [0.25, 0.3) is 0 Å². The molecule has 1 aliphatic rings. The molecule has 0 N–H and O–H groups in total. The first-order valence-corrected chi connectivity index (χ1v) is 4.77. The van der Waals surface area contributed by atoms with Crippen LogP contribution in [0.15, 0.2) is 35.1 Å². The van der Waals surface area contributed by atoms with E-state index < -0.39 is 0 Å². The summed E-state index contributed by atoms with van der Waals surface area (Å²) >= 11 is 0. The van der Waals surface area contributed by atoms with Gasteiger partial charge in [0.05, 0.1) is 12.1 Å². The molecule has 0 radical (unpaired) electrons. The predicted molar refractivity (Wildman–Crippen MR) is 57.5 cm³/mol. The quantitative estimate of drug-likeness (QED) is 0.701. The van der Waals surface area contributed by atoms with E-state index in [2.05, 4.69) is 15.0 Å². The van der Waals surface area contributed by atoms with Gasteiger partial charge in [-0.05, 0) is 19.1 Å². The largest absolute Gasteiger partial charge is 0.294 e. The van der Waals surface area contributed by atoms with Gasteiger partial charge in [0.15, 0.2) is 5.78 Å². The molecule has 1 heterocycles. The number of hydrogen-bond acceptors (Lipinski definition) is 5. The van der Waals surface area contributed by atoms with Crippen LogP contribution < -0.4 is 0 Å². The summed E-state index contributed by atoms with van der Waals surface area (Å²) in [5, 5.41) is 0. The van der Waals surface area contributed by atoms with Crippen LogP contribution in [-0.2, 0) is 9.59 Å². The third-order valence-corrected chi connectivity index (χ3v) is 2.13. The summed E-state index contributed by atoms with van der Waals surface area (Å²) in [6, 6.07) is 1.66. The normalized spacial score (nSPS) is 18.8. The van der Waals surface area contributed by atoms with E-state index in [9.17, 15) is 9.59 Å². The summed E-state index contributed by atoms with van der Waals surface area (Å²) in [6.07, 6.45) is 4.43. The van der Waals surface area contributed by atoms with Crippen molar-refractivity contribution in [2.45, 2.75) is 13.3 Å². The maximum atomic E-state index is 11.7. The van der Waals surface area contributed by atoms with Crippen molar-refractivity contribution < 1.29 is 9.59 Å². The van der Waals surface area contributed by atoms with Crippen molar-refractivity contribution in [1.29, 1.82) is 0 Å². The summed E-state index contributed by atoms with van der Waals surface area (Å²) in [4.78, 5) is 34.7. The molecule has 0 bridgehead atoms. The number of nitrogens with zero attached hydrogens (tertiary/aromatic N) is 3. The lowest BCUT2D eigenvalue weighted by molar-refractivity contribution is -0.116. The molecule has 80 valence electrons. The van der Waals surface area contributed by atoms with Crippen LogP contribution in [0.3, 0.4) is 0 Å². The lowest BCUT2D eigenvalue weighted by Crippen LogP contribution is -2.23. The lowest BCUT2D eigenvalue weighted by Gasteiger charge is -2.08. The van der Waals surface area contributed by atoms with Crippen molar-refractivity contribution in [3.8, 4) is 0 Å². The number of aliphatic imine (C=N–C) groups is 1. The first-order chi connectivity index (χ1) is 7.66. The lowest BCUT2D eigenvalue weighted by atomic mass is 9.96. The molecule has 5 heteroatoms. The van der Waals surface area contributed by atoms with Gasteiger partial charge in [0.2, 0.25) is 11.7 Å². The smallest absolute Gasteiger partial charge is 0.249 e. The Kier molecular flexibility index (Phi) is 2.68. The maximum absolute atomic E-state index is 11.7. The number of carbonyl (C=O) groups excluding carboxylic acids is 2. The molecule has 0 amide bonds. The van der Waals surface area contributed by atoms with Crippen LogP contribution in [0.2, 0.25) is 0 Å². The zero-order valence-electron chi connectivity index (χ0n) is 8.67. The van der Waals surface area contributed by atoms with Crippen molar-refractivity contribution in [2.24, 2.45) is 4.99 Å². The Morgan fingerprint density at radius 3 is 2.62 bits per heavy atom. The van der Waals surface area contributed by atoms with E-state index >= 15 is 0 Å². The molecule has 0 saturated carbocycles. The van der Waals surface area contributed by atoms with Crippen LogP contribution in [0.1, 0.15) is 13.3 Å². The van der Waals surface area contributed by atoms with Gasteiger partial charge in [-0.15, -0.1) is 0 Å². The summed E-state index contributed by atoms with van der Waals surface area (Å²) in [5.41, 5.74) is 0.613. The van der Waals surface area contributed by atoms with Crippen molar-refractivity contribution in [3.63, 3.8) is 0 Å². The van der Waals surface area contributed by atoms with Gasteiger partial charge in [-0.3, -0.25) is 9.59 Å². The van der Waals surface area contributed by atoms with Gasteiger partial charge >= 0.3 is 0 Å². The Morgan fingerprint density at radius 2 is 1.94 bits per heavy atom. The van der Waals surface area contributed by atoms with Crippen LogP contribution in [-0.4, -0.2) is 27.2 Å². The standard InChI is InChI=1S/C11H9N3O2/c1-7-5-8(15)6-9(10(7)16)14-11-12-3-2-4-13-11/h2-5H,6H2,1H3. The van der Waals surface area contributed by atoms with Gasteiger partial charge in [-0.1, -0.05) is 0 Å². The van der Waals surface area contributed by atoms with Gasteiger partial charge in [0, 0.05) is 18.0 Å². The summed E-state index contributed by atoms with van der Waals surface area (Å²) in [6.45, 7) is 1.60.